The van der Waals surface area contributed by atoms with Crippen molar-refractivity contribution in [3.63, 3.8) is 0 Å². The van der Waals surface area contributed by atoms with Gasteiger partial charge in [0.15, 0.2) is 0 Å². The smallest absolute Gasteiger partial charge is 0.0955 e. The average Bonchev–Trinajstić information content (AvgIpc) is 3.04. The van der Waals surface area contributed by atoms with Gasteiger partial charge in [-0.25, -0.2) is 4.98 Å². The van der Waals surface area contributed by atoms with Crippen LogP contribution in [0, 0.1) is 0 Å². The van der Waals surface area contributed by atoms with E-state index in [1.54, 1.807) is 0 Å². The van der Waals surface area contributed by atoms with E-state index < -0.39 is 0 Å². The third kappa shape index (κ3) is 3.90. The van der Waals surface area contributed by atoms with Crippen LogP contribution in [0.2, 0.25) is 0 Å². The molecule has 0 amide bonds. The Morgan fingerprint density at radius 3 is 2.00 bits per heavy atom. The summed E-state index contributed by atoms with van der Waals surface area (Å²) >= 11 is 0. The highest BCUT2D eigenvalue weighted by Crippen LogP contribution is 2.47. The van der Waals surface area contributed by atoms with Crippen molar-refractivity contribution in [3.8, 4) is 11.1 Å². The lowest BCUT2D eigenvalue weighted by Crippen LogP contribution is -2.12. The van der Waals surface area contributed by atoms with Gasteiger partial charge in [-0.05, 0) is 65.0 Å². The normalized spacial score (nSPS) is 11.4. The molecule has 0 aliphatic rings. The SMILES string of the molecule is c1ccc(-c2c3ccccc3c(N(c3ccccc3)c3ccc4nc5ccccc5cc4c3)c3ncccc23)cc1. The number of aromatic nitrogens is 2. The Morgan fingerprint density at radius 2 is 1.15 bits per heavy atom. The van der Waals surface area contributed by atoms with E-state index >= 15 is 0 Å². The molecule has 41 heavy (non-hydrogen) atoms. The minimum absolute atomic E-state index is 0.964. The highest BCUT2D eigenvalue weighted by atomic mass is 15.2. The van der Waals surface area contributed by atoms with Crippen molar-refractivity contribution in [2.75, 3.05) is 4.90 Å². The zero-order chi connectivity index (χ0) is 27.2. The highest BCUT2D eigenvalue weighted by molar-refractivity contribution is 6.21. The zero-order valence-corrected chi connectivity index (χ0v) is 22.3. The average molecular weight is 524 g/mol. The second-order valence-corrected chi connectivity index (χ2v) is 10.3. The van der Waals surface area contributed by atoms with E-state index in [0.29, 0.717) is 0 Å². The predicted octanol–water partition coefficient (Wildman–Crippen LogP) is 10.2. The molecule has 0 radical (unpaired) electrons. The number of hydrogen-bond acceptors (Lipinski definition) is 3. The zero-order valence-electron chi connectivity index (χ0n) is 22.3. The topological polar surface area (TPSA) is 29.0 Å². The van der Waals surface area contributed by atoms with Crippen molar-refractivity contribution in [2.45, 2.75) is 0 Å². The summed E-state index contributed by atoms with van der Waals surface area (Å²) < 4.78 is 0. The van der Waals surface area contributed by atoms with Crippen LogP contribution in [0.15, 0.2) is 152 Å². The monoisotopic (exact) mass is 523 g/mol. The van der Waals surface area contributed by atoms with Crippen LogP contribution in [0.3, 0.4) is 0 Å². The summed E-state index contributed by atoms with van der Waals surface area (Å²) in [5.41, 5.74) is 8.54. The molecule has 6 aromatic carbocycles. The van der Waals surface area contributed by atoms with Gasteiger partial charge in [0.25, 0.3) is 0 Å². The van der Waals surface area contributed by atoms with Crippen LogP contribution < -0.4 is 4.90 Å². The third-order valence-electron chi connectivity index (χ3n) is 7.81. The minimum atomic E-state index is 0.964. The van der Waals surface area contributed by atoms with Crippen LogP contribution in [0.4, 0.5) is 17.1 Å². The van der Waals surface area contributed by atoms with Crippen LogP contribution in [0.1, 0.15) is 0 Å². The van der Waals surface area contributed by atoms with Crippen LogP contribution in [-0.4, -0.2) is 9.97 Å². The number of hydrogen-bond donors (Lipinski definition) is 0. The van der Waals surface area contributed by atoms with Crippen molar-refractivity contribution in [3.05, 3.63) is 152 Å². The van der Waals surface area contributed by atoms with Crippen molar-refractivity contribution in [2.24, 2.45) is 0 Å². The summed E-state index contributed by atoms with van der Waals surface area (Å²) in [6, 6.07) is 51.2. The van der Waals surface area contributed by atoms with Crippen LogP contribution >= 0.6 is 0 Å². The molecule has 0 saturated carbocycles. The second-order valence-electron chi connectivity index (χ2n) is 10.3. The molecule has 0 fully saturated rings. The van der Waals surface area contributed by atoms with Crippen LogP contribution in [0.25, 0.3) is 54.6 Å². The first-order valence-corrected chi connectivity index (χ1v) is 13.8. The third-order valence-corrected chi connectivity index (χ3v) is 7.81. The summed E-state index contributed by atoms with van der Waals surface area (Å²) in [5, 5.41) is 5.71. The molecule has 8 rings (SSSR count). The molecule has 192 valence electrons. The van der Waals surface area contributed by atoms with Crippen LogP contribution in [-0.2, 0) is 0 Å². The first kappa shape index (κ1) is 23.4. The Kier molecular flexibility index (Phi) is 5.46. The minimum Gasteiger partial charge on any atom is -0.308 e. The molecule has 0 saturated heterocycles. The molecule has 3 heteroatoms. The first-order valence-electron chi connectivity index (χ1n) is 13.8. The molecular formula is C38H25N3. The van der Waals surface area contributed by atoms with Crippen LogP contribution in [0.5, 0.6) is 0 Å². The van der Waals surface area contributed by atoms with Gasteiger partial charge in [-0.1, -0.05) is 97.1 Å². The number of pyridine rings is 2. The van der Waals surface area contributed by atoms with E-state index in [1.165, 1.54) is 16.5 Å². The molecule has 2 aromatic heterocycles. The fraction of sp³-hybridized carbons (Fsp3) is 0. The molecule has 0 unspecified atom stereocenters. The molecule has 8 aromatic rings. The van der Waals surface area contributed by atoms with Crippen molar-refractivity contribution in [1.29, 1.82) is 0 Å². The van der Waals surface area contributed by atoms with Crippen molar-refractivity contribution >= 4 is 60.5 Å². The summed E-state index contributed by atoms with van der Waals surface area (Å²) in [5.74, 6) is 0. The lowest BCUT2D eigenvalue weighted by molar-refractivity contribution is 1.29. The Labute approximate surface area is 238 Å². The Balaban J connectivity index is 1.47. The maximum absolute atomic E-state index is 5.04. The van der Waals surface area contributed by atoms with Gasteiger partial charge in [-0.2, -0.15) is 0 Å². The standard InChI is InChI=1S/C38H25N3/c1-3-12-26(13-4-1)36-31-17-8-9-18-32(31)38(37-33(36)19-11-23-39-37)41(29-15-5-2-6-16-29)30-21-22-35-28(25-30)24-27-14-7-10-20-34(27)40-35/h1-25H. The van der Waals surface area contributed by atoms with E-state index in [0.717, 1.165) is 55.2 Å². The number of benzene rings is 6. The number of anilines is 3. The van der Waals surface area contributed by atoms with E-state index in [9.17, 15) is 0 Å². The largest absolute Gasteiger partial charge is 0.308 e. The summed E-state index contributed by atoms with van der Waals surface area (Å²) in [7, 11) is 0. The summed E-state index contributed by atoms with van der Waals surface area (Å²) in [6.45, 7) is 0. The van der Waals surface area contributed by atoms with Gasteiger partial charge in [0.1, 0.15) is 0 Å². The molecular weight excluding hydrogens is 498 g/mol. The van der Waals surface area contributed by atoms with Gasteiger partial charge in [0.2, 0.25) is 0 Å². The number of nitrogens with zero attached hydrogens (tertiary/aromatic N) is 3. The molecule has 0 atom stereocenters. The van der Waals surface area contributed by atoms with Gasteiger partial charge in [0.05, 0.1) is 22.2 Å². The summed E-state index contributed by atoms with van der Waals surface area (Å²) in [4.78, 5) is 12.3. The molecule has 0 aliphatic carbocycles. The van der Waals surface area contributed by atoms with Crippen molar-refractivity contribution in [1.82, 2.24) is 9.97 Å². The fourth-order valence-electron chi connectivity index (χ4n) is 6.01. The molecule has 0 aliphatic heterocycles. The fourth-order valence-corrected chi connectivity index (χ4v) is 6.01. The Bertz CT molecular complexity index is 2150. The first-order chi connectivity index (χ1) is 20.3. The maximum Gasteiger partial charge on any atom is 0.0955 e. The van der Waals surface area contributed by atoms with Gasteiger partial charge in [0, 0.05) is 39.1 Å². The van der Waals surface area contributed by atoms with Gasteiger partial charge in [-0.3, -0.25) is 4.98 Å². The molecule has 0 N–H and O–H groups in total. The lowest BCUT2D eigenvalue weighted by atomic mass is 9.92. The van der Waals surface area contributed by atoms with E-state index in [2.05, 4.69) is 138 Å². The van der Waals surface area contributed by atoms with E-state index in [1.807, 2.05) is 18.3 Å². The second kappa shape index (κ2) is 9.58. The quantitative estimate of drug-likeness (QED) is 0.215. The molecule has 2 heterocycles. The molecule has 3 nitrogen and oxygen atoms in total. The number of rotatable bonds is 4. The number of para-hydroxylation sites is 2. The summed E-state index contributed by atoms with van der Waals surface area (Å²) in [6.07, 6.45) is 1.90. The predicted molar refractivity (Wildman–Crippen MR) is 172 cm³/mol. The van der Waals surface area contributed by atoms with Gasteiger partial charge in [-0.15, -0.1) is 0 Å². The lowest BCUT2D eigenvalue weighted by Gasteiger charge is -2.29. The van der Waals surface area contributed by atoms with Crippen molar-refractivity contribution < 1.29 is 0 Å². The Morgan fingerprint density at radius 1 is 0.463 bits per heavy atom. The van der Waals surface area contributed by atoms with Gasteiger partial charge < -0.3 is 4.90 Å². The number of fused-ring (bicyclic) bond motifs is 4. The van der Waals surface area contributed by atoms with Gasteiger partial charge >= 0.3 is 0 Å². The highest BCUT2D eigenvalue weighted by Gasteiger charge is 2.23. The van der Waals surface area contributed by atoms with E-state index in [-0.39, 0.29) is 0 Å². The Hall–Kier alpha value is -5.54. The maximum atomic E-state index is 5.04. The van der Waals surface area contributed by atoms with E-state index in [4.69, 9.17) is 9.97 Å². The molecule has 0 spiro atoms. The molecule has 0 bridgehead atoms.